The minimum atomic E-state index is -0.194. The van der Waals surface area contributed by atoms with E-state index < -0.39 is 0 Å². The second-order valence-electron chi connectivity index (χ2n) is 2.40. The molecule has 2 heteroatoms. The van der Waals surface area contributed by atoms with Crippen LogP contribution in [0, 0.1) is 0 Å². The molecule has 0 radical (unpaired) electrons. The molecule has 0 spiro atoms. The summed E-state index contributed by atoms with van der Waals surface area (Å²) in [6, 6.07) is 0.226. The summed E-state index contributed by atoms with van der Waals surface area (Å²) in [6.45, 7) is 7.73. The number of aliphatic hydroxyl groups excluding tert-OH is 1. The van der Waals surface area contributed by atoms with Gasteiger partial charge in [0.1, 0.15) is 0 Å². The third-order valence-corrected chi connectivity index (χ3v) is 1.04. The Labute approximate surface area is 64.4 Å². The van der Waals surface area contributed by atoms with Gasteiger partial charge >= 0.3 is 0 Å². The molecule has 0 heterocycles. The van der Waals surface area contributed by atoms with Gasteiger partial charge in [0.2, 0.25) is 0 Å². The van der Waals surface area contributed by atoms with E-state index in [9.17, 15) is 0 Å². The first-order valence-corrected chi connectivity index (χ1v) is 4.06. The second kappa shape index (κ2) is 8.92. The minimum absolute atomic E-state index is 0.194. The van der Waals surface area contributed by atoms with Crippen molar-refractivity contribution in [3.8, 4) is 0 Å². The molecule has 0 bridgehead atoms. The van der Waals surface area contributed by atoms with Crippen LogP contribution in [0.2, 0.25) is 0 Å². The average molecular weight is 147 g/mol. The molecule has 0 aliphatic heterocycles. The number of rotatable bonds is 3. The van der Waals surface area contributed by atoms with Gasteiger partial charge < -0.3 is 10.8 Å². The molecule has 0 aliphatic rings. The number of hydrogen-bond donors (Lipinski definition) is 2. The third-order valence-electron chi connectivity index (χ3n) is 1.04. The van der Waals surface area contributed by atoms with Crippen LogP contribution in [0.25, 0.3) is 0 Å². The maximum Gasteiger partial charge on any atom is 0.0512 e. The molecule has 3 N–H and O–H groups in total. The van der Waals surface area contributed by atoms with Gasteiger partial charge in [0, 0.05) is 6.04 Å². The molecule has 0 aliphatic carbocycles. The second-order valence-corrected chi connectivity index (χ2v) is 2.40. The van der Waals surface area contributed by atoms with Crippen LogP contribution < -0.4 is 5.73 Å². The lowest BCUT2D eigenvalue weighted by Crippen LogP contribution is -2.16. The molecule has 0 aromatic heterocycles. The first kappa shape index (κ1) is 12.6. The summed E-state index contributed by atoms with van der Waals surface area (Å²) in [6.07, 6.45) is 1.54. The fourth-order valence-corrected chi connectivity index (χ4v) is 0.504. The summed E-state index contributed by atoms with van der Waals surface area (Å²) >= 11 is 0. The van der Waals surface area contributed by atoms with Crippen LogP contribution in [0.15, 0.2) is 0 Å². The van der Waals surface area contributed by atoms with Crippen molar-refractivity contribution in [2.24, 2.45) is 5.73 Å². The van der Waals surface area contributed by atoms with Gasteiger partial charge in [-0.3, -0.25) is 0 Å². The Bertz CT molecular complexity index is 45.2. The lowest BCUT2D eigenvalue weighted by atomic mass is 10.1. The third kappa shape index (κ3) is 15.7. The molecule has 0 aromatic rings. The quantitative estimate of drug-likeness (QED) is 0.635. The summed E-state index contributed by atoms with van der Waals surface area (Å²) in [5, 5.41) is 8.75. The standard InChI is InChI=1S/C6H15NO.C2H6/c1-5(7)3-4-6(2)8;1-2/h5-6,8H,3-4,7H2,1-2H3;1-2H3. The monoisotopic (exact) mass is 147 g/mol. The number of nitrogens with two attached hydrogens (primary N) is 1. The highest BCUT2D eigenvalue weighted by Crippen LogP contribution is 1.97. The van der Waals surface area contributed by atoms with E-state index in [-0.39, 0.29) is 12.1 Å². The molecule has 0 aromatic carbocycles. The van der Waals surface area contributed by atoms with E-state index in [0.29, 0.717) is 0 Å². The van der Waals surface area contributed by atoms with Crippen molar-refractivity contribution >= 4 is 0 Å². The average Bonchev–Trinajstić information content (AvgIpc) is 1.89. The molecule has 64 valence electrons. The van der Waals surface area contributed by atoms with E-state index in [1.807, 2.05) is 20.8 Å². The van der Waals surface area contributed by atoms with Crippen LogP contribution >= 0.6 is 0 Å². The van der Waals surface area contributed by atoms with Gasteiger partial charge in [-0.05, 0) is 26.7 Å². The predicted molar refractivity (Wildman–Crippen MR) is 45.9 cm³/mol. The van der Waals surface area contributed by atoms with Crippen molar-refractivity contribution in [3.63, 3.8) is 0 Å². The lowest BCUT2D eigenvalue weighted by Gasteiger charge is -2.05. The van der Waals surface area contributed by atoms with Crippen molar-refractivity contribution in [3.05, 3.63) is 0 Å². The minimum Gasteiger partial charge on any atom is -0.393 e. The number of hydrogen-bond acceptors (Lipinski definition) is 2. The molecule has 0 amide bonds. The van der Waals surface area contributed by atoms with Crippen LogP contribution in [0.3, 0.4) is 0 Å². The molecule has 2 nitrogen and oxygen atoms in total. The Morgan fingerprint density at radius 3 is 1.70 bits per heavy atom. The molecule has 2 atom stereocenters. The molecule has 0 rings (SSSR count). The van der Waals surface area contributed by atoms with Crippen LogP contribution in [-0.2, 0) is 0 Å². The Balaban J connectivity index is 0. The summed E-state index contributed by atoms with van der Waals surface area (Å²) < 4.78 is 0. The first-order chi connectivity index (χ1) is 4.63. The summed E-state index contributed by atoms with van der Waals surface area (Å²) in [4.78, 5) is 0. The molecule has 10 heavy (non-hydrogen) atoms. The van der Waals surface area contributed by atoms with E-state index in [4.69, 9.17) is 10.8 Å². The first-order valence-electron chi connectivity index (χ1n) is 4.06. The molecular weight excluding hydrogens is 126 g/mol. The Hall–Kier alpha value is -0.0800. The van der Waals surface area contributed by atoms with Gasteiger partial charge in [0.05, 0.1) is 6.10 Å². The molecule has 0 saturated heterocycles. The fourth-order valence-electron chi connectivity index (χ4n) is 0.504. The maximum absolute atomic E-state index is 8.75. The Kier molecular flexibility index (Phi) is 11.2. The normalized spacial score (nSPS) is 15.0. The maximum atomic E-state index is 8.75. The Morgan fingerprint density at radius 2 is 1.60 bits per heavy atom. The van der Waals surface area contributed by atoms with E-state index in [2.05, 4.69) is 0 Å². The Morgan fingerprint density at radius 1 is 1.20 bits per heavy atom. The van der Waals surface area contributed by atoms with Gasteiger partial charge in [0.25, 0.3) is 0 Å². The lowest BCUT2D eigenvalue weighted by molar-refractivity contribution is 0.179. The van der Waals surface area contributed by atoms with Gasteiger partial charge in [0.15, 0.2) is 0 Å². The van der Waals surface area contributed by atoms with Crippen molar-refractivity contribution in [1.29, 1.82) is 0 Å². The summed E-state index contributed by atoms with van der Waals surface area (Å²) in [7, 11) is 0. The molecule has 2 unspecified atom stereocenters. The largest absolute Gasteiger partial charge is 0.393 e. The zero-order valence-electron chi connectivity index (χ0n) is 7.59. The summed E-state index contributed by atoms with van der Waals surface area (Å²) in [5.74, 6) is 0. The molecular formula is C8H21NO. The number of aliphatic hydroxyl groups is 1. The van der Waals surface area contributed by atoms with Gasteiger partial charge in [-0.1, -0.05) is 13.8 Å². The van der Waals surface area contributed by atoms with Gasteiger partial charge in [-0.2, -0.15) is 0 Å². The van der Waals surface area contributed by atoms with E-state index in [0.717, 1.165) is 12.8 Å². The highest BCUT2D eigenvalue weighted by atomic mass is 16.3. The van der Waals surface area contributed by atoms with Crippen molar-refractivity contribution in [2.75, 3.05) is 0 Å². The van der Waals surface area contributed by atoms with Crippen LogP contribution in [-0.4, -0.2) is 17.3 Å². The SMILES string of the molecule is CC.CC(N)CCC(C)O. The van der Waals surface area contributed by atoms with Crippen molar-refractivity contribution in [1.82, 2.24) is 0 Å². The molecule has 0 saturated carbocycles. The summed E-state index contributed by atoms with van der Waals surface area (Å²) in [5.41, 5.74) is 5.43. The van der Waals surface area contributed by atoms with Gasteiger partial charge in [-0.25, -0.2) is 0 Å². The topological polar surface area (TPSA) is 46.2 Å². The van der Waals surface area contributed by atoms with Crippen LogP contribution in [0.4, 0.5) is 0 Å². The van der Waals surface area contributed by atoms with E-state index in [1.165, 1.54) is 0 Å². The highest BCUT2D eigenvalue weighted by Gasteiger charge is 1.97. The van der Waals surface area contributed by atoms with E-state index in [1.54, 1.807) is 6.92 Å². The molecule has 0 fully saturated rings. The van der Waals surface area contributed by atoms with Crippen LogP contribution in [0.5, 0.6) is 0 Å². The van der Waals surface area contributed by atoms with Crippen LogP contribution in [0.1, 0.15) is 40.5 Å². The highest BCUT2D eigenvalue weighted by molar-refractivity contribution is 4.55. The zero-order valence-corrected chi connectivity index (χ0v) is 7.59. The fraction of sp³-hybridized carbons (Fsp3) is 1.00. The van der Waals surface area contributed by atoms with E-state index >= 15 is 0 Å². The van der Waals surface area contributed by atoms with Gasteiger partial charge in [-0.15, -0.1) is 0 Å². The van der Waals surface area contributed by atoms with Crippen molar-refractivity contribution in [2.45, 2.75) is 52.7 Å². The zero-order chi connectivity index (χ0) is 8.57. The predicted octanol–water partition coefficient (Wildman–Crippen LogP) is 1.52. The van der Waals surface area contributed by atoms with Crippen molar-refractivity contribution < 1.29 is 5.11 Å². The smallest absolute Gasteiger partial charge is 0.0512 e.